The summed E-state index contributed by atoms with van der Waals surface area (Å²) in [5.74, 6) is 0.395. The molecule has 1 atom stereocenters. The van der Waals surface area contributed by atoms with Crippen LogP contribution in [0.15, 0.2) is 23.1 Å². The topological polar surface area (TPSA) is 121 Å². The summed E-state index contributed by atoms with van der Waals surface area (Å²) < 4.78 is 50.8. The number of nitro groups is 1. The van der Waals surface area contributed by atoms with Crippen LogP contribution >= 0.6 is 0 Å². The highest BCUT2D eigenvalue weighted by Gasteiger charge is 2.35. The Morgan fingerprint density at radius 3 is 2.26 bits per heavy atom. The number of sulfone groups is 1. The average molecular weight is 473 g/mol. The third-order valence-electron chi connectivity index (χ3n) is 6.48. The number of rotatable bonds is 5. The first-order valence-corrected chi connectivity index (χ1v) is 13.9. The molecule has 3 aliphatic rings. The van der Waals surface area contributed by atoms with Crippen LogP contribution in [-0.4, -0.2) is 87.8 Å². The minimum atomic E-state index is -3.75. The Kier molecular flexibility index (Phi) is 6.25. The van der Waals surface area contributed by atoms with Crippen LogP contribution in [0.25, 0.3) is 0 Å². The first-order chi connectivity index (χ1) is 14.7. The number of sulfonamides is 1. The number of piperidine rings is 1. The molecule has 4 rings (SSSR count). The Bertz CT molecular complexity index is 1050. The van der Waals surface area contributed by atoms with Crippen LogP contribution in [0.3, 0.4) is 0 Å². The molecule has 3 aliphatic heterocycles. The predicted molar refractivity (Wildman–Crippen MR) is 117 cm³/mol. The SMILES string of the molecule is O=[N+]([O-])c1cc(S(=O)(=O)N2CCCCC2)ccc1N1CCN(C2CCS(=O)(=O)C2)CC1. The maximum absolute atomic E-state index is 12.9. The second-order valence-electron chi connectivity index (χ2n) is 8.45. The van der Waals surface area contributed by atoms with Gasteiger partial charge in [-0.25, -0.2) is 16.8 Å². The van der Waals surface area contributed by atoms with Gasteiger partial charge in [0.1, 0.15) is 5.69 Å². The van der Waals surface area contributed by atoms with Gasteiger partial charge < -0.3 is 4.90 Å². The Balaban J connectivity index is 1.51. The third-order valence-corrected chi connectivity index (χ3v) is 10.1. The van der Waals surface area contributed by atoms with Crippen molar-refractivity contribution in [3.8, 4) is 0 Å². The van der Waals surface area contributed by atoms with Crippen molar-refractivity contribution in [2.75, 3.05) is 55.7 Å². The molecule has 10 nitrogen and oxygen atoms in total. The summed E-state index contributed by atoms with van der Waals surface area (Å²) in [6, 6.07) is 4.18. The van der Waals surface area contributed by atoms with Crippen LogP contribution in [0, 0.1) is 10.1 Å². The summed E-state index contributed by atoms with van der Waals surface area (Å²) in [4.78, 5) is 15.2. The van der Waals surface area contributed by atoms with Gasteiger partial charge in [-0.1, -0.05) is 6.42 Å². The van der Waals surface area contributed by atoms with Crippen molar-refractivity contribution in [2.45, 2.75) is 36.6 Å². The fraction of sp³-hybridized carbons (Fsp3) is 0.684. The smallest absolute Gasteiger partial charge is 0.293 e. The standard InChI is InChI=1S/C19H28N4O6S2/c24-23(25)19-14-17(31(28,29)22-7-2-1-3-8-22)4-5-18(19)21-11-9-20(10-12-21)16-6-13-30(26,27)15-16/h4-5,14,16H,1-3,6-13,15H2. The van der Waals surface area contributed by atoms with Crippen LogP contribution in [0.4, 0.5) is 11.4 Å². The van der Waals surface area contributed by atoms with Gasteiger partial charge >= 0.3 is 0 Å². The first kappa shape index (κ1) is 22.4. The molecule has 0 radical (unpaired) electrons. The van der Waals surface area contributed by atoms with Gasteiger partial charge in [-0.05, 0) is 31.4 Å². The summed E-state index contributed by atoms with van der Waals surface area (Å²) in [7, 11) is -6.71. The van der Waals surface area contributed by atoms with Crippen LogP contribution in [0.5, 0.6) is 0 Å². The summed E-state index contributed by atoms with van der Waals surface area (Å²) in [5, 5.41) is 11.8. The number of hydrogen-bond acceptors (Lipinski definition) is 8. The molecular weight excluding hydrogens is 444 g/mol. The van der Waals surface area contributed by atoms with E-state index >= 15 is 0 Å². The zero-order valence-electron chi connectivity index (χ0n) is 17.3. The largest absolute Gasteiger partial charge is 0.363 e. The average Bonchev–Trinajstić information content (AvgIpc) is 3.13. The molecule has 0 N–H and O–H groups in total. The molecule has 172 valence electrons. The van der Waals surface area contributed by atoms with Gasteiger partial charge in [-0.15, -0.1) is 0 Å². The lowest BCUT2D eigenvalue weighted by Crippen LogP contribution is -2.50. The summed E-state index contributed by atoms with van der Waals surface area (Å²) >= 11 is 0. The molecule has 0 aromatic heterocycles. The molecule has 3 saturated heterocycles. The molecule has 0 aliphatic carbocycles. The van der Waals surface area contributed by atoms with Crippen molar-refractivity contribution >= 4 is 31.2 Å². The first-order valence-electron chi connectivity index (χ1n) is 10.7. The molecule has 0 amide bonds. The van der Waals surface area contributed by atoms with E-state index in [1.165, 1.54) is 22.5 Å². The van der Waals surface area contributed by atoms with E-state index in [1.54, 1.807) is 0 Å². The lowest BCUT2D eigenvalue weighted by Gasteiger charge is -2.38. The molecule has 0 spiro atoms. The second-order valence-corrected chi connectivity index (χ2v) is 12.6. The van der Waals surface area contributed by atoms with Crippen LogP contribution < -0.4 is 4.90 Å². The van der Waals surface area contributed by atoms with E-state index in [2.05, 4.69) is 4.90 Å². The Morgan fingerprint density at radius 1 is 1.00 bits per heavy atom. The predicted octanol–water partition coefficient (Wildman–Crippen LogP) is 1.08. The van der Waals surface area contributed by atoms with E-state index in [4.69, 9.17) is 0 Å². The van der Waals surface area contributed by atoms with Crippen molar-refractivity contribution in [1.82, 2.24) is 9.21 Å². The number of hydrogen-bond donors (Lipinski definition) is 0. The number of anilines is 1. The monoisotopic (exact) mass is 472 g/mol. The lowest BCUT2D eigenvalue weighted by atomic mass is 10.1. The van der Waals surface area contributed by atoms with E-state index in [0.29, 0.717) is 51.4 Å². The summed E-state index contributed by atoms with van der Waals surface area (Å²) in [5.41, 5.74) is 0.191. The fourth-order valence-corrected chi connectivity index (χ4v) is 8.02. The number of piperazine rings is 1. The highest BCUT2D eigenvalue weighted by molar-refractivity contribution is 7.91. The summed E-state index contributed by atoms with van der Waals surface area (Å²) in [6.45, 7) is 3.16. The Labute approximate surface area is 182 Å². The molecule has 1 aromatic rings. The molecule has 0 saturated carbocycles. The maximum Gasteiger partial charge on any atom is 0.293 e. The van der Waals surface area contributed by atoms with E-state index in [0.717, 1.165) is 19.3 Å². The van der Waals surface area contributed by atoms with Gasteiger partial charge in [0.25, 0.3) is 5.69 Å². The Hall–Kier alpha value is -1.76. The van der Waals surface area contributed by atoms with E-state index in [1.807, 2.05) is 4.90 Å². The third kappa shape index (κ3) is 4.71. The zero-order valence-corrected chi connectivity index (χ0v) is 19.0. The normalized spacial score (nSPS) is 25.5. The van der Waals surface area contributed by atoms with E-state index < -0.39 is 24.8 Å². The minimum Gasteiger partial charge on any atom is -0.363 e. The quantitative estimate of drug-likeness (QED) is 0.461. The maximum atomic E-state index is 12.9. The van der Waals surface area contributed by atoms with Crippen LogP contribution in [0.2, 0.25) is 0 Å². The van der Waals surface area contributed by atoms with Gasteiger partial charge in [0, 0.05) is 51.4 Å². The molecular formula is C19H28N4O6S2. The molecule has 3 fully saturated rings. The van der Waals surface area contributed by atoms with Crippen molar-refractivity contribution < 1.29 is 21.8 Å². The van der Waals surface area contributed by atoms with Crippen molar-refractivity contribution in [2.24, 2.45) is 0 Å². The van der Waals surface area contributed by atoms with Crippen molar-refractivity contribution in [3.05, 3.63) is 28.3 Å². The van der Waals surface area contributed by atoms with Gasteiger partial charge in [-0.2, -0.15) is 4.31 Å². The fourth-order valence-electron chi connectivity index (χ4n) is 4.72. The minimum absolute atomic E-state index is 0.0131. The molecule has 0 bridgehead atoms. The van der Waals surface area contributed by atoms with Crippen LogP contribution in [-0.2, 0) is 19.9 Å². The number of benzene rings is 1. The molecule has 3 heterocycles. The van der Waals surface area contributed by atoms with E-state index in [-0.39, 0.29) is 28.1 Å². The van der Waals surface area contributed by atoms with Gasteiger partial charge in [-0.3, -0.25) is 15.0 Å². The van der Waals surface area contributed by atoms with Crippen molar-refractivity contribution in [1.29, 1.82) is 0 Å². The molecule has 1 aromatic carbocycles. The van der Waals surface area contributed by atoms with Crippen molar-refractivity contribution in [3.63, 3.8) is 0 Å². The molecule has 1 unspecified atom stereocenters. The second kappa shape index (κ2) is 8.64. The van der Waals surface area contributed by atoms with E-state index in [9.17, 15) is 26.9 Å². The highest BCUT2D eigenvalue weighted by atomic mass is 32.2. The van der Waals surface area contributed by atoms with Gasteiger partial charge in [0.05, 0.1) is 21.3 Å². The highest BCUT2D eigenvalue weighted by Crippen LogP contribution is 2.33. The van der Waals surface area contributed by atoms with Gasteiger partial charge in [0.15, 0.2) is 9.84 Å². The van der Waals surface area contributed by atoms with Gasteiger partial charge in [0.2, 0.25) is 10.0 Å². The lowest BCUT2D eigenvalue weighted by molar-refractivity contribution is -0.384. The van der Waals surface area contributed by atoms with Crippen LogP contribution in [0.1, 0.15) is 25.7 Å². The molecule has 31 heavy (non-hydrogen) atoms. The number of nitrogens with zero attached hydrogens (tertiary/aromatic N) is 4. The summed E-state index contributed by atoms with van der Waals surface area (Å²) in [6.07, 6.45) is 3.22. The molecule has 12 heteroatoms. The Morgan fingerprint density at radius 2 is 1.68 bits per heavy atom. The number of nitro benzene ring substituents is 1. The zero-order chi connectivity index (χ0) is 22.2.